The van der Waals surface area contributed by atoms with E-state index in [2.05, 4.69) is 41.8 Å². The van der Waals surface area contributed by atoms with Crippen LogP contribution in [0.15, 0.2) is 48.8 Å². The molecule has 1 unspecified atom stereocenters. The van der Waals surface area contributed by atoms with Gasteiger partial charge in [0.05, 0.1) is 12.2 Å². The van der Waals surface area contributed by atoms with Crippen molar-refractivity contribution in [3.63, 3.8) is 0 Å². The number of hydrogen-bond donors (Lipinski definition) is 4. The molecule has 1 aromatic carbocycles. The molecule has 5 aliphatic rings. The summed E-state index contributed by atoms with van der Waals surface area (Å²) in [5.74, 6) is 1.33. The molecule has 1 atom stereocenters. The van der Waals surface area contributed by atoms with Crippen molar-refractivity contribution in [3.8, 4) is 11.3 Å². The summed E-state index contributed by atoms with van der Waals surface area (Å²) in [5, 5.41) is 20.6. The van der Waals surface area contributed by atoms with Crippen molar-refractivity contribution in [1.82, 2.24) is 35.0 Å². The Labute approximate surface area is 229 Å². The van der Waals surface area contributed by atoms with E-state index in [9.17, 15) is 9.90 Å². The van der Waals surface area contributed by atoms with Crippen LogP contribution in [0.25, 0.3) is 11.3 Å². The molecule has 4 N–H and O–H groups in total. The molecule has 1 saturated heterocycles. The maximum absolute atomic E-state index is 12.5. The number of piperazine rings is 1. The van der Waals surface area contributed by atoms with Crippen LogP contribution in [0.4, 0.5) is 17.5 Å². The molecule has 39 heavy (non-hydrogen) atoms. The number of benzene rings is 1. The predicted octanol–water partition coefficient (Wildman–Crippen LogP) is 1.88. The molecular formula is C28H37N9O2. The minimum absolute atomic E-state index is 0.0577. The predicted molar refractivity (Wildman–Crippen MR) is 151 cm³/mol. The van der Waals surface area contributed by atoms with Crippen molar-refractivity contribution >= 4 is 23.4 Å². The number of rotatable bonds is 2. The highest BCUT2D eigenvalue weighted by Gasteiger charge is 2.22. The second-order valence-corrected chi connectivity index (χ2v) is 10.3. The second kappa shape index (κ2) is 12.5. The van der Waals surface area contributed by atoms with Crippen molar-refractivity contribution in [3.05, 3.63) is 59.9 Å². The molecule has 8 rings (SSSR count). The van der Waals surface area contributed by atoms with Gasteiger partial charge in [0.1, 0.15) is 12.0 Å². The fourth-order valence-corrected chi connectivity index (χ4v) is 4.85. The van der Waals surface area contributed by atoms with E-state index >= 15 is 0 Å². The lowest BCUT2D eigenvalue weighted by Crippen LogP contribution is -2.49. The number of nitrogens with zero attached hydrogens (tertiary/aromatic N) is 6. The van der Waals surface area contributed by atoms with Gasteiger partial charge < -0.3 is 21.1 Å². The summed E-state index contributed by atoms with van der Waals surface area (Å²) in [4.78, 5) is 32.5. The normalized spacial score (nSPS) is 21.1. The third-order valence-corrected chi connectivity index (χ3v) is 7.09. The topological polar surface area (TPSA) is 122 Å². The third-order valence-electron chi connectivity index (χ3n) is 7.09. The number of aliphatic hydroxyl groups is 1. The van der Waals surface area contributed by atoms with Crippen LogP contribution in [0.5, 0.6) is 0 Å². The maximum Gasteiger partial charge on any atom is 0.234 e. The van der Waals surface area contributed by atoms with E-state index in [1.807, 2.05) is 44.4 Å². The third kappa shape index (κ3) is 7.07. The van der Waals surface area contributed by atoms with Gasteiger partial charge in [-0.1, -0.05) is 6.07 Å². The number of carbonyl (C=O) groups excluding carboxylic acids is 1. The molecule has 2 aromatic heterocycles. The number of carbonyl (C=O) groups is 1. The van der Waals surface area contributed by atoms with E-state index < -0.39 is 6.23 Å². The van der Waals surface area contributed by atoms with E-state index in [-0.39, 0.29) is 5.91 Å². The second-order valence-electron chi connectivity index (χ2n) is 10.3. The summed E-state index contributed by atoms with van der Waals surface area (Å²) in [6, 6.07) is 11.7. The van der Waals surface area contributed by atoms with Gasteiger partial charge in [-0.2, -0.15) is 0 Å². The largest absolute Gasteiger partial charge is 0.374 e. The van der Waals surface area contributed by atoms with Gasteiger partial charge in [0.25, 0.3) is 0 Å². The molecule has 11 heteroatoms. The first-order chi connectivity index (χ1) is 18.9. The summed E-state index contributed by atoms with van der Waals surface area (Å²) in [5.41, 5.74) is 4.41. The van der Waals surface area contributed by atoms with E-state index in [1.165, 1.54) is 0 Å². The van der Waals surface area contributed by atoms with Gasteiger partial charge in [-0.25, -0.2) is 15.0 Å². The zero-order valence-electron chi connectivity index (χ0n) is 22.6. The van der Waals surface area contributed by atoms with Gasteiger partial charge >= 0.3 is 0 Å². The van der Waals surface area contributed by atoms with Crippen molar-refractivity contribution in [2.24, 2.45) is 0 Å². The van der Waals surface area contributed by atoms with Crippen LogP contribution >= 0.6 is 0 Å². The molecule has 206 valence electrons. The SMILES string of the molecule is CN(C)C(O)c1ccc2cc1CN1CCN(CC1)CC(=O)NCCCNc1ccc(cn1)-c1ccnc(n1)N2. The number of nitrogens with one attached hydrogen (secondary N) is 3. The van der Waals surface area contributed by atoms with E-state index in [0.717, 1.165) is 73.0 Å². The van der Waals surface area contributed by atoms with Crippen molar-refractivity contribution in [2.75, 3.05) is 70.5 Å². The van der Waals surface area contributed by atoms with Crippen LogP contribution < -0.4 is 16.0 Å². The van der Waals surface area contributed by atoms with Crippen LogP contribution in [0.1, 0.15) is 23.8 Å². The van der Waals surface area contributed by atoms with Crippen LogP contribution in [-0.2, 0) is 11.3 Å². The highest BCUT2D eigenvalue weighted by molar-refractivity contribution is 5.78. The first-order valence-corrected chi connectivity index (χ1v) is 13.4. The van der Waals surface area contributed by atoms with Crippen LogP contribution in [-0.4, -0.2) is 101 Å². The van der Waals surface area contributed by atoms with E-state index in [4.69, 9.17) is 4.98 Å². The van der Waals surface area contributed by atoms with Gasteiger partial charge in [0, 0.05) is 69.5 Å². The Morgan fingerprint density at radius 1 is 0.949 bits per heavy atom. The number of anilines is 3. The summed E-state index contributed by atoms with van der Waals surface area (Å²) < 4.78 is 0. The van der Waals surface area contributed by atoms with Gasteiger partial charge in [0.15, 0.2) is 0 Å². The lowest BCUT2D eigenvalue weighted by atomic mass is 10.0. The smallest absolute Gasteiger partial charge is 0.234 e. The minimum atomic E-state index is -0.716. The zero-order chi connectivity index (χ0) is 27.2. The first-order valence-electron chi connectivity index (χ1n) is 13.4. The molecule has 5 aliphatic heterocycles. The molecule has 0 aliphatic carbocycles. The average Bonchev–Trinajstić information content (AvgIpc) is 2.94. The molecular weight excluding hydrogens is 494 g/mol. The van der Waals surface area contributed by atoms with Crippen LogP contribution in [0.2, 0.25) is 0 Å². The zero-order valence-corrected chi connectivity index (χ0v) is 22.6. The lowest BCUT2D eigenvalue weighted by molar-refractivity contribution is -0.122. The van der Waals surface area contributed by atoms with Gasteiger partial charge in [-0.05, 0) is 62.0 Å². The summed E-state index contributed by atoms with van der Waals surface area (Å²) in [6.45, 7) is 5.78. The minimum Gasteiger partial charge on any atom is -0.374 e. The maximum atomic E-state index is 12.5. The quantitative estimate of drug-likeness (QED) is 0.365. The standard InChI is InChI=1S/C28H37N9O2/c1-35(2)27(39)23-6-5-22-16-21(23)18-36-12-14-37(15-13-36)19-26(38)30-10-3-9-29-25-7-4-20(17-32-25)24-8-11-31-28(33-22)34-24/h4-8,11,16-17,27,39H,3,9-10,12-15,18-19H2,1-2H3,(H,29,32)(H,30,38)(H,31,33,34). The van der Waals surface area contributed by atoms with Crippen molar-refractivity contribution in [1.29, 1.82) is 0 Å². The van der Waals surface area contributed by atoms with Crippen LogP contribution in [0.3, 0.4) is 0 Å². The number of aromatic nitrogens is 3. The molecule has 11 nitrogen and oxygen atoms in total. The molecule has 0 radical (unpaired) electrons. The van der Waals surface area contributed by atoms with Gasteiger partial charge in [-0.15, -0.1) is 0 Å². The number of hydrogen-bond acceptors (Lipinski definition) is 10. The first kappa shape index (κ1) is 26.9. The lowest BCUT2D eigenvalue weighted by Gasteiger charge is -2.35. The Kier molecular flexibility index (Phi) is 8.62. The Bertz CT molecular complexity index is 1260. The number of pyridine rings is 1. The fraction of sp³-hybridized carbons (Fsp3) is 0.429. The van der Waals surface area contributed by atoms with Crippen molar-refractivity contribution in [2.45, 2.75) is 19.2 Å². The Balaban J connectivity index is 1.43. The summed E-state index contributed by atoms with van der Waals surface area (Å²) in [6.07, 6.45) is 3.62. The van der Waals surface area contributed by atoms with E-state index in [1.54, 1.807) is 17.3 Å². The highest BCUT2D eigenvalue weighted by Crippen LogP contribution is 2.27. The molecule has 0 spiro atoms. The summed E-state index contributed by atoms with van der Waals surface area (Å²) >= 11 is 0. The number of aliphatic hydroxyl groups excluding tert-OH is 1. The molecule has 8 bridgehead atoms. The summed E-state index contributed by atoms with van der Waals surface area (Å²) in [7, 11) is 3.73. The Hall–Kier alpha value is -3.64. The molecule has 1 amide bonds. The van der Waals surface area contributed by atoms with Crippen LogP contribution in [0, 0.1) is 0 Å². The van der Waals surface area contributed by atoms with E-state index in [0.29, 0.717) is 25.6 Å². The highest BCUT2D eigenvalue weighted by atomic mass is 16.3. The van der Waals surface area contributed by atoms with Crippen molar-refractivity contribution < 1.29 is 9.90 Å². The Morgan fingerprint density at radius 2 is 1.72 bits per heavy atom. The number of amides is 1. The van der Waals surface area contributed by atoms with Gasteiger partial charge in [-0.3, -0.25) is 19.5 Å². The Morgan fingerprint density at radius 3 is 2.46 bits per heavy atom. The molecule has 7 heterocycles. The monoisotopic (exact) mass is 531 g/mol. The molecule has 3 aromatic rings. The van der Waals surface area contributed by atoms with Gasteiger partial charge in [0.2, 0.25) is 11.9 Å². The molecule has 0 saturated carbocycles. The average molecular weight is 532 g/mol. The molecule has 1 fully saturated rings. The fourth-order valence-electron chi connectivity index (χ4n) is 4.85.